The minimum atomic E-state index is -3.95. The summed E-state index contributed by atoms with van der Waals surface area (Å²) in [5, 5.41) is 0. The molecule has 0 aromatic heterocycles. The van der Waals surface area contributed by atoms with Crippen molar-refractivity contribution in [3.63, 3.8) is 0 Å². The minimum absolute atomic E-state index is 0.0565. The molecule has 0 fully saturated rings. The number of hydrogen-bond donors (Lipinski definition) is 0. The first-order valence-corrected chi connectivity index (χ1v) is 7.94. The molecule has 0 N–H and O–H groups in total. The summed E-state index contributed by atoms with van der Waals surface area (Å²) in [6.07, 6.45) is 0. The molecular weight excluding hydrogens is 304 g/mol. The number of methoxy groups -OCH3 is 1. The summed E-state index contributed by atoms with van der Waals surface area (Å²) in [6.45, 7) is 3.56. The van der Waals surface area contributed by atoms with Gasteiger partial charge in [-0.2, -0.15) is 8.42 Å². The van der Waals surface area contributed by atoms with Crippen molar-refractivity contribution in [2.24, 2.45) is 0 Å². The molecule has 0 spiro atoms. The highest BCUT2D eigenvalue weighted by molar-refractivity contribution is 7.87. The van der Waals surface area contributed by atoms with Crippen LogP contribution >= 0.6 is 0 Å². The zero-order valence-corrected chi connectivity index (χ0v) is 13.3. The van der Waals surface area contributed by atoms with E-state index < -0.39 is 16.1 Å². The Morgan fingerprint density at radius 1 is 1.00 bits per heavy atom. The fourth-order valence-corrected chi connectivity index (χ4v) is 2.79. The van der Waals surface area contributed by atoms with Crippen molar-refractivity contribution in [2.45, 2.75) is 18.7 Å². The Balaban J connectivity index is 2.37. The van der Waals surface area contributed by atoms with Crippen LogP contribution in [-0.4, -0.2) is 21.5 Å². The van der Waals surface area contributed by atoms with Gasteiger partial charge < -0.3 is 8.92 Å². The molecule has 2 aromatic rings. The Morgan fingerprint density at radius 2 is 1.64 bits per heavy atom. The predicted molar refractivity (Wildman–Crippen MR) is 81.5 cm³/mol. The first-order valence-electron chi connectivity index (χ1n) is 6.53. The summed E-state index contributed by atoms with van der Waals surface area (Å²) >= 11 is 0. The lowest BCUT2D eigenvalue weighted by atomic mass is 10.1. The molecule has 0 unspecified atom stereocenters. The highest BCUT2D eigenvalue weighted by Crippen LogP contribution is 2.24. The Hall–Kier alpha value is -2.34. The Morgan fingerprint density at radius 3 is 2.23 bits per heavy atom. The molecule has 2 rings (SSSR count). The second-order valence-corrected chi connectivity index (χ2v) is 6.37. The van der Waals surface area contributed by atoms with Gasteiger partial charge in [0.25, 0.3) is 0 Å². The van der Waals surface area contributed by atoms with Crippen LogP contribution in [-0.2, 0) is 14.9 Å². The number of hydrogen-bond acceptors (Lipinski definition) is 5. The van der Waals surface area contributed by atoms with E-state index in [-0.39, 0.29) is 16.2 Å². The van der Waals surface area contributed by atoms with E-state index in [1.54, 1.807) is 31.2 Å². The molecule has 6 heteroatoms. The van der Waals surface area contributed by atoms with Crippen LogP contribution in [0.5, 0.6) is 5.75 Å². The number of rotatable bonds is 4. The largest absolute Gasteiger partial charge is 0.465 e. The van der Waals surface area contributed by atoms with E-state index in [4.69, 9.17) is 4.18 Å². The summed E-state index contributed by atoms with van der Waals surface area (Å²) in [5.41, 5.74) is 1.77. The molecule has 0 amide bonds. The molecule has 0 bridgehead atoms. The highest BCUT2D eigenvalue weighted by Gasteiger charge is 2.19. The molecule has 22 heavy (non-hydrogen) atoms. The fourth-order valence-electron chi connectivity index (χ4n) is 1.81. The molecule has 0 saturated heterocycles. The Bertz CT molecular complexity index is 792. The van der Waals surface area contributed by atoms with Gasteiger partial charge in [0, 0.05) is 0 Å². The average molecular weight is 320 g/mol. The number of carbonyl (C=O) groups excluding carboxylic acids is 1. The van der Waals surface area contributed by atoms with Gasteiger partial charge in [0.2, 0.25) is 0 Å². The van der Waals surface area contributed by atoms with Crippen LogP contribution < -0.4 is 4.18 Å². The molecule has 0 heterocycles. The van der Waals surface area contributed by atoms with Crippen LogP contribution in [0.4, 0.5) is 0 Å². The van der Waals surface area contributed by atoms with Crippen molar-refractivity contribution >= 4 is 16.1 Å². The molecular formula is C16H16O5S. The van der Waals surface area contributed by atoms with Gasteiger partial charge in [0.1, 0.15) is 10.6 Å². The molecule has 0 saturated carbocycles. The second kappa shape index (κ2) is 6.19. The third-order valence-corrected chi connectivity index (χ3v) is 4.37. The minimum Gasteiger partial charge on any atom is -0.465 e. The lowest BCUT2D eigenvalue weighted by Gasteiger charge is -2.10. The third-order valence-electron chi connectivity index (χ3n) is 3.12. The lowest BCUT2D eigenvalue weighted by molar-refractivity contribution is 0.0600. The van der Waals surface area contributed by atoms with Crippen LogP contribution in [0, 0.1) is 13.8 Å². The summed E-state index contributed by atoms with van der Waals surface area (Å²) in [6, 6.07) is 10.8. The molecule has 116 valence electrons. The van der Waals surface area contributed by atoms with E-state index in [0.717, 1.165) is 5.56 Å². The van der Waals surface area contributed by atoms with Crippen molar-refractivity contribution in [2.75, 3.05) is 7.11 Å². The van der Waals surface area contributed by atoms with Crippen LogP contribution in [0.1, 0.15) is 21.5 Å². The monoisotopic (exact) mass is 320 g/mol. The molecule has 0 atom stereocenters. The van der Waals surface area contributed by atoms with E-state index in [1.165, 1.54) is 25.3 Å². The number of esters is 1. The Kier molecular flexibility index (Phi) is 4.51. The molecule has 5 nitrogen and oxygen atoms in total. The maximum absolute atomic E-state index is 12.3. The zero-order chi connectivity index (χ0) is 16.3. The quantitative estimate of drug-likeness (QED) is 0.640. The average Bonchev–Trinajstić information content (AvgIpc) is 2.49. The topological polar surface area (TPSA) is 69.7 Å². The summed E-state index contributed by atoms with van der Waals surface area (Å²) in [7, 11) is -2.70. The van der Waals surface area contributed by atoms with E-state index in [1.807, 2.05) is 6.92 Å². The zero-order valence-electron chi connectivity index (χ0n) is 12.5. The van der Waals surface area contributed by atoms with Crippen LogP contribution in [0.2, 0.25) is 0 Å². The normalized spacial score (nSPS) is 11.0. The van der Waals surface area contributed by atoms with Crippen molar-refractivity contribution in [1.29, 1.82) is 0 Å². The molecule has 0 aliphatic carbocycles. The maximum atomic E-state index is 12.3. The maximum Gasteiger partial charge on any atom is 0.339 e. The van der Waals surface area contributed by atoms with E-state index in [0.29, 0.717) is 5.56 Å². The van der Waals surface area contributed by atoms with Gasteiger partial charge in [-0.25, -0.2) is 4.79 Å². The highest BCUT2D eigenvalue weighted by atomic mass is 32.2. The van der Waals surface area contributed by atoms with E-state index in [9.17, 15) is 13.2 Å². The van der Waals surface area contributed by atoms with Crippen molar-refractivity contribution in [1.82, 2.24) is 0 Å². The molecule has 0 radical (unpaired) electrons. The fraction of sp³-hybridized carbons (Fsp3) is 0.188. The summed E-state index contributed by atoms with van der Waals surface area (Å²) in [5.74, 6) is -0.457. The van der Waals surface area contributed by atoms with E-state index in [2.05, 4.69) is 4.74 Å². The van der Waals surface area contributed by atoms with Crippen LogP contribution in [0.3, 0.4) is 0 Å². The SMILES string of the molecule is COC(=O)c1ccc(C)c(OS(=O)(=O)c2ccc(C)cc2)c1. The lowest BCUT2D eigenvalue weighted by Crippen LogP contribution is -2.11. The van der Waals surface area contributed by atoms with Crippen LogP contribution in [0.15, 0.2) is 47.4 Å². The smallest absolute Gasteiger partial charge is 0.339 e. The van der Waals surface area contributed by atoms with Gasteiger partial charge >= 0.3 is 16.1 Å². The van der Waals surface area contributed by atoms with Gasteiger partial charge in [-0.05, 0) is 43.7 Å². The van der Waals surface area contributed by atoms with Crippen molar-refractivity contribution < 1.29 is 22.1 Å². The number of ether oxygens (including phenoxy) is 1. The first kappa shape index (κ1) is 16.0. The number of benzene rings is 2. The summed E-state index contributed by atoms with van der Waals surface area (Å²) < 4.78 is 34.3. The number of aryl methyl sites for hydroxylation is 2. The molecule has 0 aliphatic heterocycles. The second-order valence-electron chi connectivity index (χ2n) is 4.82. The summed E-state index contributed by atoms with van der Waals surface area (Å²) in [4.78, 5) is 11.6. The molecule has 0 aliphatic rings. The Labute approximate surface area is 129 Å². The van der Waals surface area contributed by atoms with Gasteiger partial charge in [0.15, 0.2) is 0 Å². The van der Waals surface area contributed by atoms with Crippen molar-refractivity contribution in [3.05, 3.63) is 59.2 Å². The van der Waals surface area contributed by atoms with Crippen LogP contribution in [0.25, 0.3) is 0 Å². The van der Waals surface area contributed by atoms with Gasteiger partial charge in [-0.3, -0.25) is 0 Å². The predicted octanol–water partition coefficient (Wildman–Crippen LogP) is 2.86. The van der Waals surface area contributed by atoms with Gasteiger partial charge in [0.05, 0.1) is 12.7 Å². The van der Waals surface area contributed by atoms with Gasteiger partial charge in [-0.1, -0.05) is 23.8 Å². The van der Waals surface area contributed by atoms with Gasteiger partial charge in [-0.15, -0.1) is 0 Å². The third kappa shape index (κ3) is 3.46. The first-order chi connectivity index (χ1) is 10.3. The number of carbonyl (C=O) groups is 1. The van der Waals surface area contributed by atoms with E-state index >= 15 is 0 Å². The van der Waals surface area contributed by atoms with Crippen molar-refractivity contribution in [3.8, 4) is 5.75 Å². The standard InChI is InChI=1S/C16H16O5S/c1-11-4-8-14(9-5-11)22(18,19)21-15-10-13(16(17)20-3)7-6-12(15)2/h4-10H,1-3H3. The molecule has 2 aromatic carbocycles.